The summed E-state index contributed by atoms with van der Waals surface area (Å²) < 4.78 is 0. The second-order valence-corrected chi connectivity index (χ2v) is 7.79. The maximum atomic E-state index is 10.7. The molecule has 0 aliphatic heterocycles. The van der Waals surface area contributed by atoms with Crippen molar-refractivity contribution in [2.24, 2.45) is 5.41 Å². The molecule has 1 N–H and O–H groups in total. The average Bonchev–Trinajstić information content (AvgIpc) is 2.80. The van der Waals surface area contributed by atoms with Gasteiger partial charge in [-0.3, -0.25) is 0 Å². The molecule has 0 bridgehead atoms. The van der Waals surface area contributed by atoms with E-state index in [4.69, 9.17) is 0 Å². The Morgan fingerprint density at radius 1 is 1.45 bits per heavy atom. The quantitative estimate of drug-likeness (QED) is 0.787. The molecule has 1 atom stereocenters. The molecule has 1 heterocycles. The summed E-state index contributed by atoms with van der Waals surface area (Å²) in [6.45, 7) is 10.9. The molecule has 0 spiro atoms. The number of aliphatic hydroxyl groups is 1. The summed E-state index contributed by atoms with van der Waals surface area (Å²) in [4.78, 5) is 1.00. The first-order valence-electron chi connectivity index (χ1n) is 7.40. The van der Waals surface area contributed by atoms with E-state index >= 15 is 0 Å². The van der Waals surface area contributed by atoms with E-state index in [-0.39, 0.29) is 5.41 Å². The van der Waals surface area contributed by atoms with Crippen LogP contribution in [0, 0.1) is 5.41 Å². The van der Waals surface area contributed by atoms with Gasteiger partial charge >= 0.3 is 0 Å². The molecule has 110 valence electrons. The van der Waals surface area contributed by atoms with E-state index in [2.05, 4.69) is 27.7 Å². The lowest BCUT2D eigenvalue weighted by Crippen LogP contribution is -2.23. The van der Waals surface area contributed by atoms with Crippen molar-refractivity contribution < 1.29 is 5.11 Å². The standard InChI is InChI=1S/C18H26OS/c1-13-8-6-10-17(3,4)16(13)14(2)12-18(5,19)15-9-7-11-20-15/h7,9,11-12,19H,6,8,10H2,1-5H3/b14-12+. The molecule has 0 radical (unpaired) electrons. The maximum Gasteiger partial charge on any atom is 0.115 e. The minimum absolute atomic E-state index is 0.217. The number of allylic oxidation sites excluding steroid dienone is 3. The lowest BCUT2D eigenvalue weighted by atomic mass is 9.70. The van der Waals surface area contributed by atoms with Crippen LogP contribution in [0.4, 0.5) is 0 Å². The number of hydrogen-bond acceptors (Lipinski definition) is 2. The van der Waals surface area contributed by atoms with Gasteiger partial charge in [-0.05, 0) is 74.1 Å². The monoisotopic (exact) mass is 290 g/mol. The van der Waals surface area contributed by atoms with Gasteiger partial charge in [0, 0.05) is 4.88 Å². The molecule has 1 nitrogen and oxygen atoms in total. The van der Waals surface area contributed by atoms with Gasteiger partial charge in [0.25, 0.3) is 0 Å². The Labute approximate surface area is 127 Å². The Balaban J connectivity index is 2.40. The first-order valence-corrected chi connectivity index (χ1v) is 8.28. The second kappa shape index (κ2) is 5.50. The first-order chi connectivity index (χ1) is 9.24. The highest BCUT2D eigenvalue weighted by molar-refractivity contribution is 7.10. The molecule has 0 fully saturated rings. The zero-order valence-electron chi connectivity index (χ0n) is 13.3. The van der Waals surface area contributed by atoms with E-state index in [1.165, 1.54) is 36.0 Å². The van der Waals surface area contributed by atoms with Crippen molar-refractivity contribution in [2.45, 2.75) is 59.5 Å². The largest absolute Gasteiger partial charge is 0.380 e. The maximum absolute atomic E-state index is 10.7. The molecule has 1 aromatic heterocycles. The Bertz CT molecular complexity index is 530. The van der Waals surface area contributed by atoms with Gasteiger partial charge in [0.05, 0.1) is 0 Å². The van der Waals surface area contributed by atoms with Crippen molar-refractivity contribution in [3.8, 4) is 0 Å². The summed E-state index contributed by atoms with van der Waals surface area (Å²) in [6, 6.07) is 3.99. The van der Waals surface area contributed by atoms with Crippen molar-refractivity contribution in [3.63, 3.8) is 0 Å². The van der Waals surface area contributed by atoms with Crippen molar-refractivity contribution in [1.82, 2.24) is 0 Å². The van der Waals surface area contributed by atoms with E-state index < -0.39 is 5.60 Å². The van der Waals surface area contributed by atoms with Crippen LogP contribution in [0.3, 0.4) is 0 Å². The summed E-state index contributed by atoms with van der Waals surface area (Å²) in [5.41, 5.74) is 3.50. The summed E-state index contributed by atoms with van der Waals surface area (Å²) in [6.07, 6.45) is 5.72. The summed E-state index contributed by atoms with van der Waals surface area (Å²) in [7, 11) is 0. The zero-order chi connectivity index (χ0) is 15.0. The van der Waals surface area contributed by atoms with Gasteiger partial charge in [0.1, 0.15) is 5.60 Å². The van der Waals surface area contributed by atoms with Crippen molar-refractivity contribution in [2.75, 3.05) is 0 Å². The van der Waals surface area contributed by atoms with Crippen LogP contribution in [0.1, 0.15) is 58.8 Å². The van der Waals surface area contributed by atoms with Crippen molar-refractivity contribution >= 4 is 11.3 Å². The minimum atomic E-state index is -0.876. The third-order valence-corrected chi connectivity index (χ3v) is 5.47. The van der Waals surface area contributed by atoms with Crippen molar-refractivity contribution in [3.05, 3.63) is 45.2 Å². The van der Waals surface area contributed by atoms with Gasteiger partial charge in [-0.25, -0.2) is 0 Å². The normalized spacial score (nSPS) is 22.8. The third-order valence-electron chi connectivity index (χ3n) is 4.37. The fourth-order valence-electron chi connectivity index (χ4n) is 3.62. The molecule has 0 saturated carbocycles. The number of thiophene rings is 1. The van der Waals surface area contributed by atoms with Crippen LogP contribution in [0.2, 0.25) is 0 Å². The SMILES string of the molecule is CC1=C(/C(C)=C/C(C)(O)c2cccs2)C(C)(C)CCC1. The number of rotatable bonds is 3. The molecule has 1 aromatic rings. The molecular formula is C18H26OS. The molecule has 0 amide bonds. The van der Waals surface area contributed by atoms with Crippen LogP contribution in [-0.4, -0.2) is 5.11 Å². The van der Waals surface area contributed by atoms with Gasteiger partial charge in [-0.2, -0.15) is 0 Å². The Morgan fingerprint density at radius 3 is 2.70 bits per heavy atom. The molecule has 20 heavy (non-hydrogen) atoms. The molecule has 1 aliphatic carbocycles. The third kappa shape index (κ3) is 3.07. The van der Waals surface area contributed by atoms with Gasteiger partial charge in [-0.15, -0.1) is 11.3 Å². The fraction of sp³-hybridized carbons (Fsp3) is 0.556. The molecule has 0 aromatic carbocycles. The van der Waals surface area contributed by atoms with E-state index in [9.17, 15) is 5.11 Å². The van der Waals surface area contributed by atoms with E-state index in [1.807, 2.05) is 30.5 Å². The van der Waals surface area contributed by atoms with E-state index in [0.29, 0.717) is 0 Å². The molecule has 1 aliphatic rings. The van der Waals surface area contributed by atoms with Crippen LogP contribution < -0.4 is 0 Å². The van der Waals surface area contributed by atoms with Gasteiger partial charge in [0.15, 0.2) is 0 Å². The highest BCUT2D eigenvalue weighted by Crippen LogP contribution is 2.44. The lowest BCUT2D eigenvalue weighted by molar-refractivity contribution is 0.114. The number of hydrogen-bond donors (Lipinski definition) is 1. The first kappa shape index (κ1) is 15.5. The molecular weight excluding hydrogens is 264 g/mol. The van der Waals surface area contributed by atoms with Gasteiger partial charge in [0.2, 0.25) is 0 Å². The highest BCUT2D eigenvalue weighted by Gasteiger charge is 2.31. The van der Waals surface area contributed by atoms with Gasteiger partial charge in [-0.1, -0.05) is 25.5 Å². The Morgan fingerprint density at radius 2 is 2.15 bits per heavy atom. The smallest absolute Gasteiger partial charge is 0.115 e. The van der Waals surface area contributed by atoms with E-state index in [1.54, 1.807) is 11.3 Å². The Kier molecular flexibility index (Phi) is 4.27. The summed E-state index contributed by atoms with van der Waals surface area (Å²) in [5.74, 6) is 0. The van der Waals surface area contributed by atoms with Crippen LogP contribution in [0.5, 0.6) is 0 Å². The predicted molar refractivity (Wildman–Crippen MR) is 88.0 cm³/mol. The van der Waals surface area contributed by atoms with Gasteiger partial charge < -0.3 is 5.11 Å². The second-order valence-electron chi connectivity index (χ2n) is 6.84. The van der Waals surface area contributed by atoms with Crippen LogP contribution in [-0.2, 0) is 5.60 Å². The molecule has 2 rings (SSSR count). The molecule has 2 heteroatoms. The van der Waals surface area contributed by atoms with Crippen LogP contribution in [0.15, 0.2) is 40.3 Å². The van der Waals surface area contributed by atoms with E-state index in [0.717, 1.165) is 4.88 Å². The zero-order valence-corrected chi connectivity index (χ0v) is 14.1. The lowest BCUT2D eigenvalue weighted by Gasteiger charge is -2.36. The predicted octanol–water partition coefficient (Wildman–Crippen LogP) is 5.43. The topological polar surface area (TPSA) is 20.2 Å². The van der Waals surface area contributed by atoms with Crippen molar-refractivity contribution in [1.29, 1.82) is 0 Å². The van der Waals surface area contributed by atoms with Crippen LogP contribution in [0.25, 0.3) is 0 Å². The Hall–Kier alpha value is -0.860. The average molecular weight is 290 g/mol. The molecule has 0 saturated heterocycles. The van der Waals surface area contributed by atoms with Crippen LogP contribution >= 0.6 is 11.3 Å². The molecule has 1 unspecified atom stereocenters. The highest BCUT2D eigenvalue weighted by atomic mass is 32.1. The summed E-state index contributed by atoms with van der Waals surface area (Å²) >= 11 is 1.61. The minimum Gasteiger partial charge on any atom is -0.380 e. The fourth-order valence-corrected chi connectivity index (χ4v) is 4.38. The summed E-state index contributed by atoms with van der Waals surface area (Å²) in [5, 5.41) is 12.8.